The van der Waals surface area contributed by atoms with Crippen LogP contribution in [0.25, 0.3) is 0 Å². The lowest BCUT2D eigenvalue weighted by atomic mass is 10.2. The number of pyridine rings is 1. The number of rotatable bonds is 4. The summed E-state index contributed by atoms with van der Waals surface area (Å²) in [6, 6.07) is 9.94. The van der Waals surface area contributed by atoms with Gasteiger partial charge in [0.25, 0.3) is 0 Å². The highest BCUT2D eigenvalue weighted by Gasteiger charge is 2.08. The van der Waals surface area contributed by atoms with E-state index in [1.165, 1.54) is 18.3 Å². The van der Waals surface area contributed by atoms with Gasteiger partial charge in [0, 0.05) is 11.2 Å². The minimum Gasteiger partial charge on any atom is -0.477 e. The summed E-state index contributed by atoms with van der Waals surface area (Å²) in [5, 5.41) is 9.35. The van der Waals surface area contributed by atoms with Crippen molar-refractivity contribution in [1.82, 2.24) is 4.98 Å². The van der Waals surface area contributed by atoms with Crippen molar-refractivity contribution in [2.75, 3.05) is 0 Å². The minimum absolute atomic E-state index is 0.0627. The van der Waals surface area contributed by atoms with Crippen molar-refractivity contribution < 1.29 is 14.1 Å². The number of halogens is 1. The van der Waals surface area contributed by atoms with Crippen LogP contribution >= 0.6 is 11.6 Å². The lowest BCUT2D eigenvalue weighted by Crippen LogP contribution is -2.02. The molecule has 0 aliphatic carbocycles. The minimum atomic E-state index is -1.26. The molecule has 1 N–H and O–H groups in total. The Bertz CT molecular complexity index is 611. The monoisotopic (exact) mass is 295 g/mol. The Morgan fingerprint density at radius 2 is 1.89 bits per heavy atom. The molecule has 1 aromatic heterocycles. The van der Waals surface area contributed by atoms with E-state index in [1.807, 2.05) is 0 Å². The molecule has 0 unspecified atom stereocenters. The van der Waals surface area contributed by atoms with Gasteiger partial charge in [-0.3, -0.25) is 4.21 Å². The molecule has 19 heavy (non-hydrogen) atoms. The fourth-order valence-electron chi connectivity index (χ4n) is 1.46. The summed E-state index contributed by atoms with van der Waals surface area (Å²) in [5.74, 6) is -0.763. The van der Waals surface area contributed by atoms with Gasteiger partial charge in [-0.2, -0.15) is 0 Å². The molecule has 0 spiro atoms. The molecule has 0 saturated carbocycles. The van der Waals surface area contributed by atoms with E-state index in [2.05, 4.69) is 4.98 Å². The molecule has 1 atom stereocenters. The molecule has 0 bridgehead atoms. The van der Waals surface area contributed by atoms with Gasteiger partial charge in [-0.1, -0.05) is 23.7 Å². The maximum atomic E-state index is 12.1. The van der Waals surface area contributed by atoms with E-state index in [-0.39, 0.29) is 5.69 Å². The average molecular weight is 296 g/mol. The molecule has 1 heterocycles. The van der Waals surface area contributed by atoms with Gasteiger partial charge in [0.2, 0.25) is 0 Å². The zero-order valence-electron chi connectivity index (χ0n) is 9.75. The lowest BCUT2D eigenvalue weighted by molar-refractivity contribution is 0.0690. The van der Waals surface area contributed by atoms with E-state index in [4.69, 9.17) is 16.7 Å². The molecule has 0 amide bonds. The van der Waals surface area contributed by atoms with Crippen LogP contribution in [0.3, 0.4) is 0 Å². The number of aromatic carboxylic acids is 1. The SMILES string of the molecule is O=C(O)c1ccc([S@@](=O)Cc2ccc(Cl)cc2)cn1. The zero-order chi connectivity index (χ0) is 13.8. The predicted molar refractivity (Wildman–Crippen MR) is 72.8 cm³/mol. The Morgan fingerprint density at radius 3 is 2.42 bits per heavy atom. The van der Waals surface area contributed by atoms with E-state index < -0.39 is 16.8 Å². The second-order valence-electron chi connectivity index (χ2n) is 3.80. The second-order valence-corrected chi connectivity index (χ2v) is 5.69. The van der Waals surface area contributed by atoms with Crippen molar-refractivity contribution in [2.45, 2.75) is 10.6 Å². The molecule has 1 aromatic carbocycles. The van der Waals surface area contributed by atoms with Crippen LogP contribution in [-0.2, 0) is 16.6 Å². The molecule has 6 heteroatoms. The molecule has 0 fully saturated rings. The Hall–Kier alpha value is -1.72. The van der Waals surface area contributed by atoms with Crippen LogP contribution in [0.1, 0.15) is 16.1 Å². The number of carboxylic acid groups (broad SMARTS) is 1. The summed E-state index contributed by atoms with van der Waals surface area (Å²) < 4.78 is 12.1. The average Bonchev–Trinajstić information content (AvgIpc) is 2.41. The standard InChI is InChI=1S/C13H10ClNO3S/c14-10-3-1-9(2-4-10)8-19(18)11-5-6-12(13(16)17)15-7-11/h1-7H,8H2,(H,16,17)/t19-/m0/s1. The first kappa shape index (κ1) is 13.7. The summed E-state index contributed by atoms with van der Waals surface area (Å²) in [7, 11) is -1.26. The number of benzene rings is 1. The van der Waals surface area contributed by atoms with Crippen LogP contribution in [0.5, 0.6) is 0 Å². The molecule has 0 radical (unpaired) electrons. The summed E-state index contributed by atoms with van der Waals surface area (Å²) in [6.45, 7) is 0. The Morgan fingerprint density at radius 1 is 1.21 bits per heavy atom. The van der Waals surface area contributed by atoms with E-state index in [0.717, 1.165) is 5.56 Å². The van der Waals surface area contributed by atoms with E-state index >= 15 is 0 Å². The molecule has 98 valence electrons. The third kappa shape index (κ3) is 3.62. The van der Waals surface area contributed by atoms with Gasteiger partial charge in [0.1, 0.15) is 5.69 Å². The zero-order valence-corrected chi connectivity index (χ0v) is 11.3. The number of carbonyl (C=O) groups is 1. The molecule has 0 saturated heterocycles. The molecule has 2 aromatic rings. The highest BCUT2D eigenvalue weighted by molar-refractivity contribution is 7.84. The van der Waals surface area contributed by atoms with Crippen LogP contribution in [0.4, 0.5) is 0 Å². The number of carboxylic acids is 1. The second kappa shape index (κ2) is 5.95. The fraction of sp³-hybridized carbons (Fsp3) is 0.0769. The topological polar surface area (TPSA) is 67.3 Å². The maximum Gasteiger partial charge on any atom is 0.354 e. The van der Waals surface area contributed by atoms with Gasteiger partial charge in [0.05, 0.1) is 21.4 Å². The quantitative estimate of drug-likeness (QED) is 0.942. The molecule has 4 nitrogen and oxygen atoms in total. The molecule has 0 aliphatic rings. The number of hydrogen-bond acceptors (Lipinski definition) is 3. The van der Waals surface area contributed by atoms with Gasteiger partial charge in [-0.05, 0) is 29.8 Å². The van der Waals surface area contributed by atoms with Gasteiger partial charge in [0.15, 0.2) is 0 Å². The van der Waals surface area contributed by atoms with Crippen molar-refractivity contribution in [3.63, 3.8) is 0 Å². The van der Waals surface area contributed by atoms with Crippen molar-refractivity contribution in [3.05, 3.63) is 58.9 Å². The third-order valence-electron chi connectivity index (χ3n) is 2.43. The van der Waals surface area contributed by atoms with Gasteiger partial charge >= 0.3 is 5.97 Å². The largest absolute Gasteiger partial charge is 0.477 e. The van der Waals surface area contributed by atoms with Crippen molar-refractivity contribution in [1.29, 1.82) is 0 Å². The highest BCUT2D eigenvalue weighted by Crippen LogP contribution is 2.14. The molecular weight excluding hydrogens is 286 g/mol. The predicted octanol–water partition coefficient (Wildman–Crippen LogP) is 2.74. The van der Waals surface area contributed by atoms with E-state index in [0.29, 0.717) is 15.7 Å². The van der Waals surface area contributed by atoms with E-state index in [9.17, 15) is 9.00 Å². The normalized spacial score (nSPS) is 12.1. The third-order valence-corrected chi connectivity index (χ3v) is 4.04. The molecule has 0 aliphatic heterocycles. The first-order valence-corrected chi connectivity index (χ1v) is 7.08. The van der Waals surface area contributed by atoms with Crippen LogP contribution in [-0.4, -0.2) is 20.3 Å². The molecule has 2 rings (SSSR count). The Kier molecular flexibility index (Phi) is 4.29. The lowest BCUT2D eigenvalue weighted by Gasteiger charge is -2.03. The summed E-state index contributed by atoms with van der Waals surface area (Å²) in [6.07, 6.45) is 1.33. The fourth-order valence-corrected chi connectivity index (χ4v) is 2.63. The highest BCUT2D eigenvalue weighted by atomic mass is 35.5. The van der Waals surface area contributed by atoms with E-state index in [1.54, 1.807) is 24.3 Å². The van der Waals surface area contributed by atoms with Crippen LogP contribution in [0.2, 0.25) is 5.02 Å². The first-order valence-electron chi connectivity index (χ1n) is 5.38. The van der Waals surface area contributed by atoms with Crippen molar-refractivity contribution in [2.24, 2.45) is 0 Å². The van der Waals surface area contributed by atoms with Gasteiger partial charge in [-0.25, -0.2) is 9.78 Å². The van der Waals surface area contributed by atoms with Gasteiger partial charge < -0.3 is 5.11 Å². The first-order chi connectivity index (χ1) is 9.06. The van der Waals surface area contributed by atoms with Crippen LogP contribution in [0.15, 0.2) is 47.5 Å². The van der Waals surface area contributed by atoms with Crippen LogP contribution < -0.4 is 0 Å². The number of nitrogens with zero attached hydrogens (tertiary/aromatic N) is 1. The van der Waals surface area contributed by atoms with Crippen LogP contribution in [0, 0.1) is 0 Å². The van der Waals surface area contributed by atoms with Crippen molar-refractivity contribution >= 4 is 28.4 Å². The Balaban J connectivity index is 2.11. The smallest absolute Gasteiger partial charge is 0.354 e. The maximum absolute atomic E-state index is 12.1. The number of aromatic nitrogens is 1. The van der Waals surface area contributed by atoms with Crippen molar-refractivity contribution in [3.8, 4) is 0 Å². The molecular formula is C13H10ClNO3S. The van der Waals surface area contributed by atoms with Gasteiger partial charge in [-0.15, -0.1) is 0 Å². The Labute approximate surface area is 117 Å². The number of hydrogen-bond donors (Lipinski definition) is 1. The summed E-state index contributed by atoms with van der Waals surface area (Å²) in [4.78, 5) is 14.9. The summed E-state index contributed by atoms with van der Waals surface area (Å²) in [5.41, 5.74) is 0.831. The summed E-state index contributed by atoms with van der Waals surface area (Å²) >= 11 is 5.77.